The molecule has 27 heteroatoms. The SMILES string of the molecule is CC(=O)NC1C(O)C(O)C(CO)O[C@@H]1OC(C)[C@H](NC(=O)[C@@H](N)CC(=O)O)C(=O)N[C@@H](CCCN)C(=O)N1CCC[C@H]1C(=O)N[C@@H](C)C(=O)N1CCC[C@H]1C(=O)NCC(=O)NC(C=O)CO. The highest BCUT2D eigenvalue weighted by Gasteiger charge is 2.48. The molecule has 3 rings (SSSR count). The molecule has 66 heavy (non-hydrogen) atoms. The number of likely N-dealkylation sites (tertiary alicyclic amines) is 2. The average Bonchev–Trinajstić information content (AvgIpc) is 3.98. The summed E-state index contributed by atoms with van der Waals surface area (Å²) in [6.07, 6.45) is -7.24. The Balaban J connectivity index is 1.79. The fourth-order valence-electron chi connectivity index (χ4n) is 7.75. The Morgan fingerprint density at radius 1 is 0.864 bits per heavy atom. The van der Waals surface area contributed by atoms with Crippen LogP contribution in [0.15, 0.2) is 0 Å². The van der Waals surface area contributed by atoms with Crippen LogP contribution in [0.4, 0.5) is 0 Å². The van der Waals surface area contributed by atoms with Crippen molar-refractivity contribution in [2.75, 3.05) is 39.4 Å². The number of nitrogens with zero attached hydrogens (tertiary/aromatic N) is 2. The van der Waals surface area contributed by atoms with Crippen LogP contribution in [-0.4, -0.2) is 213 Å². The van der Waals surface area contributed by atoms with Crippen molar-refractivity contribution in [2.24, 2.45) is 11.5 Å². The molecule has 27 nitrogen and oxygen atoms in total. The zero-order valence-electron chi connectivity index (χ0n) is 37.0. The first-order valence-corrected chi connectivity index (χ1v) is 21.6. The molecule has 3 aliphatic heterocycles. The Morgan fingerprint density at radius 3 is 2.05 bits per heavy atom. The summed E-state index contributed by atoms with van der Waals surface area (Å²) in [6.45, 7) is 2.04. The van der Waals surface area contributed by atoms with Crippen LogP contribution in [0.3, 0.4) is 0 Å². The number of nitrogens with one attached hydrogen (secondary N) is 6. The first-order chi connectivity index (χ1) is 31.2. The molecule has 0 aromatic heterocycles. The highest BCUT2D eigenvalue weighted by atomic mass is 16.7. The molecule has 3 heterocycles. The fraction of sp³-hybridized carbons (Fsp3) is 0.744. The van der Waals surface area contributed by atoms with Gasteiger partial charge in [-0.25, -0.2) is 0 Å². The van der Waals surface area contributed by atoms with E-state index in [4.69, 9.17) is 26.0 Å². The number of nitrogens with two attached hydrogens (primary N) is 2. The zero-order valence-corrected chi connectivity index (χ0v) is 37.0. The van der Waals surface area contributed by atoms with Gasteiger partial charge in [-0.2, -0.15) is 0 Å². The van der Waals surface area contributed by atoms with Crippen LogP contribution in [0.25, 0.3) is 0 Å². The van der Waals surface area contributed by atoms with Gasteiger partial charge in [-0.05, 0) is 58.9 Å². The number of hydrogen-bond donors (Lipinski definition) is 13. The molecule has 0 spiro atoms. The van der Waals surface area contributed by atoms with Gasteiger partial charge in [0.1, 0.15) is 66.9 Å². The van der Waals surface area contributed by atoms with E-state index in [0.29, 0.717) is 19.1 Å². The van der Waals surface area contributed by atoms with Crippen molar-refractivity contribution in [1.29, 1.82) is 0 Å². The van der Waals surface area contributed by atoms with Gasteiger partial charge in [-0.3, -0.25) is 43.2 Å². The van der Waals surface area contributed by atoms with Crippen molar-refractivity contribution in [1.82, 2.24) is 41.7 Å². The molecule has 13 atom stereocenters. The van der Waals surface area contributed by atoms with Crippen molar-refractivity contribution >= 4 is 59.5 Å². The van der Waals surface area contributed by atoms with Crippen LogP contribution >= 0.6 is 0 Å². The molecule has 15 N–H and O–H groups in total. The van der Waals surface area contributed by atoms with Gasteiger partial charge in [0.2, 0.25) is 47.3 Å². The maximum Gasteiger partial charge on any atom is 0.305 e. The van der Waals surface area contributed by atoms with E-state index in [1.807, 2.05) is 0 Å². The van der Waals surface area contributed by atoms with E-state index in [-0.39, 0.29) is 45.3 Å². The van der Waals surface area contributed by atoms with E-state index < -0.39 is 158 Å². The third-order valence-corrected chi connectivity index (χ3v) is 11.2. The summed E-state index contributed by atoms with van der Waals surface area (Å²) < 4.78 is 11.5. The van der Waals surface area contributed by atoms with E-state index >= 15 is 0 Å². The minimum atomic E-state index is -1.79. The number of aliphatic carboxylic acids is 1. The number of aliphatic hydroxyl groups excluding tert-OH is 4. The third-order valence-electron chi connectivity index (χ3n) is 11.2. The van der Waals surface area contributed by atoms with Crippen molar-refractivity contribution in [2.45, 2.75) is 145 Å². The minimum absolute atomic E-state index is 0.0512. The Labute approximate surface area is 379 Å². The van der Waals surface area contributed by atoms with Crippen LogP contribution in [0.2, 0.25) is 0 Å². The molecule has 0 aromatic rings. The predicted octanol–water partition coefficient (Wildman–Crippen LogP) is -7.88. The summed E-state index contributed by atoms with van der Waals surface area (Å²) in [7, 11) is 0. The number of hydrogen-bond acceptors (Lipinski definition) is 18. The fourth-order valence-corrected chi connectivity index (χ4v) is 7.75. The minimum Gasteiger partial charge on any atom is -0.481 e. The summed E-state index contributed by atoms with van der Waals surface area (Å²) in [5, 5.41) is 63.8. The Kier molecular flexibility index (Phi) is 21.7. The Hall–Kier alpha value is -5.42. The summed E-state index contributed by atoms with van der Waals surface area (Å²) >= 11 is 0. The van der Waals surface area contributed by atoms with Crippen molar-refractivity contribution in [3.05, 3.63) is 0 Å². The first kappa shape index (κ1) is 54.9. The molecular weight excluding hydrogens is 880 g/mol. The van der Waals surface area contributed by atoms with Gasteiger partial charge in [0.05, 0.1) is 38.3 Å². The summed E-state index contributed by atoms with van der Waals surface area (Å²) in [5.41, 5.74) is 11.5. The van der Waals surface area contributed by atoms with Gasteiger partial charge in [-0.1, -0.05) is 0 Å². The van der Waals surface area contributed by atoms with E-state index in [2.05, 4.69) is 31.9 Å². The number of carbonyl (C=O) groups excluding carboxylic acids is 9. The number of carboxylic acid groups (broad SMARTS) is 1. The number of aldehydes is 1. The molecule has 0 aliphatic carbocycles. The van der Waals surface area contributed by atoms with Gasteiger partial charge in [0.15, 0.2) is 6.29 Å². The van der Waals surface area contributed by atoms with Crippen molar-refractivity contribution in [3.63, 3.8) is 0 Å². The van der Waals surface area contributed by atoms with Crippen molar-refractivity contribution in [3.8, 4) is 0 Å². The average molecular weight is 945 g/mol. The second kappa shape index (κ2) is 26.1. The molecule has 0 aromatic carbocycles. The second-order valence-electron chi connectivity index (χ2n) is 16.3. The molecule has 8 amide bonds. The largest absolute Gasteiger partial charge is 0.481 e. The quantitative estimate of drug-likeness (QED) is 0.0400. The number of carbonyl (C=O) groups is 10. The molecule has 3 fully saturated rings. The summed E-state index contributed by atoms with van der Waals surface area (Å²) in [4.78, 5) is 131. The standard InChI is InChI=1S/C39H64N10O17/c1-18(37(63)48-11-5-8-24(48)34(60)42-14-27(54)45-21(15-50)16-51)43-35(61)25-9-6-12-49(25)38(64)23(7-4-10-40)46-36(62)29(47-33(59)22(41)13-28(55)56)19(2)65-39-30(44-20(3)53)32(58)31(57)26(17-52)66-39/h15,18-19,21-26,29-32,39,51-52,57-58H,4-14,16-17,40-41H2,1-3H3,(H,42,60)(H,43,61)(H,44,53)(H,45,54)(H,46,62)(H,47,59)(H,55,56)/t18-,19?,21?,22-,23-,24-,25-,26?,29-,30?,31?,32?,39-/m0/s1. The highest BCUT2D eigenvalue weighted by Crippen LogP contribution is 2.25. The zero-order chi connectivity index (χ0) is 49.4. The molecular formula is C39H64N10O17. The number of aliphatic hydroxyl groups is 4. The van der Waals surface area contributed by atoms with E-state index in [1.165, 1.54) is 23.6 Å². The monoisotopic (exact) mass is 944 g/mol. The van der Waals surface area contributed by atoms with Gasteiger partial charge in [0, 0.05) is 20.0 Å². The highest BCUT2D eigenvalue weighted by molar-refractivity contribution is 5.97. The topological polar surface area (TPSA) is 421 Å². The molecule has 0 bridgehead atoms. The van der Waals surface area contributed by atoms with Crippen LogP contribution in [0.5, 0.6) is 0 Å². The Morgan fingerprint density at radius 2 is 1.48 bits per heavy atom. The van der Waals surface area contributed by atoms with Gasteiger partial charge in [-0.15, -0.1) is 0 Å². The summed E-state index contributed by atoms with van der Waals surface area (Å²) in [5.74, 6) is -7.80. The van der Waals surface area contributed by atoms with Crippen molar-refractivity contribution < 1.29 is 83.0 Å². The first-order valence-electron chi connectivity index (χ1n) is 21.6. The molecule has 372 valence electrons. The van der Waals surface area contributed by atoms with E-state index in [9.17, 15) is 68.4 Å². The number of rotatable bonds is 24. The van der Waals surface area contributed by atoms with E-state index in [1.54, 1.807) is 0 Å². The molecule has 3 saturated heterocycles. The van der Waals surface area contributed by atoms with Gasteiger partial charge in [0.25, 0.3) is 0 Å². The van der Waals surface area contributed by atoms with Gasteiger partial charge < -0.3 is 93.0 Å². The smallest absolute Gasteiger partial charge is 0.305 e. The number of ether oxygens (including phenoxy) is 2. The van der Waals surface area contributed by atoms with Crippen LogP contribution < -0.4 is 43.4 Å². The number of amides is 8. The van der Waals surface area contributed by atoms with E-state index in [0.717, 1.165) is 6.92 Å². The third kappa shape index (κ3) is 15.1. The Bertz CT molecular complexity index is 1760. The lowest BCUT2D eigenvalue weighted by Gasteiger charge is -2.43. The number of carboxylic acids is 1. The lowest BCUT2D eigenvalue weighted by atomic mass is 9.96. The summed E-state index contributed by atoms with van der Waals surface area (Å²) in [6, 6.07) is -10.8. The molecule has 0 radical (unpaired) electrons. The van der Waals surface area contributed by atoms with Gasteiger partial charge >= 0.3 is 5.97 Å². The second-order valence-corrected chi connectivity index (χ2v) is 16.3. The van der Waals surface area contributed by atoms with Crippen LogP contribution in [-0.2, 0) is 57.4 Å². The lowest BCUT2D eigenvalue weighted by Crippen LogP contribution is -2.66. The van der Waals surface area contributed by atoms with Crippen LogP contribution in [0.1, 0.15) is 65.7 Å². The maximum atomic E-state index is 14.3. The molecule has 3 aliphatic rings. The predicted molar refractivity (Wildman–Crippen MR) is 223 cm³/mol. The molecule has 6 unspecified atom stereocenters. The molecule has 0 saturated carbocycles. The normalized spacial score (nSPS) is 25.5. The maximum absolute atomic E-state index is 14.3. The lowest BCUT2D eigenvalue weighted by molar-refractivity contribution is -0.281. The van der Waals surface area contributed by atoms with Crippen LogP contribution in [0, 0.1) is 0 Å².